The average molecular weight is 1850 g/mol. The quantitative estimate of drug-likeness (QED) is 0.190. The van der Waals surface area contributed by atoms with Crippen LogP contribution in [0.3, 0.4) is 0 Å². The van der Waals surface area contributed by atoms with Crippen LogP contribution in [0.25, 0.3) is 0 Å². The summed E-state index contributed by atoms with van der Waals surface area (Å²) in [5.74, 6) is 16.1. The zero-order valence-electron chi connectivity index (χ0n) is 86.4. The Morgan fingerprint density at radius 2 is 0.582 bits per heavy atom. The van der Waals surface area contributed by atoms with E-state index in [4.69, 9.17) is 28.4 Å². The number of rotatable bonds is 2. The van der Waals surface area contributed by atoms with Crippen molar-refractivity contribution in [3.8, 4) is 0 Å². The fourth-order valence-electron chi connectivity index (χ4n) is 39.2. The SMILES string of the molecule is CC1=C2C[C@H]3[C@@H](CC[C@@H]4NC(=O)CC[C@@]43C)[C@@H]2CC[C@@]2(C1)O[C@@H]1C[C@H](C)CC[C@H]1[C@H]2C.CC1=C2C[C@H]3[C@@H](CC[C@H]4NC(=O)CC[C@@]43C)[C@@H]2CC[C@@]2(C1)O[C@@H]1C[C@H](C)CC[C@H]1[C@H]2C.CCOC(=O)N1C[C@@H](C)C[C@H]2O[C@]3(CC[C@@H]4C(=C(C)C3)C[C@H]3[C@H]4CC[C@@H]4NC(=O)CC[C@@]43C)[C@H](C)[C@@H]21.CCOC(=O)N1C[C@@H](C)C[C@H]2O[C@]3(CC[C@@H]4C(=C(C)C3)C[C@H]3[C@H]4CC[C@H]4NC(=O)CC[C@@]43C)[C@H](C)[C@@H]21. The second kappa shape index (κ2) is 35.7. The molecule has 0 aromatic rings. The molecule has 10 saturated carbocycles. The largest absolute Gasteiger partial charge is 0.450 e. The van der Waals surface area contributed by atoms with E-state index in [0.29, 0.717) is 132 Å². The molecule has 4 N–H and O–H groups in total. The van der Waals surface area contributed by atoms with E-state index in [1.54, 1.807) is 33.4 Å². The molecule has 10 aliphatic heterocycles. The van der Waals surface area contributed by atoms with Gasteiger partial charge in [-0.15, -0.1) is 0 Å². The normalized spacial score (nSPS) is 50.8. The second-order valence-electron chi connectivity index (χ2n) is 52.8. The molecule has 18 heteroatoms. The van der Waals surface area contributed by atoms with Gasteiger partial charge in [0.1, 0.15) is 0 Å². The fourth-order valence-corrected chi connectivity index (χ4v) is 39.2. The minimum Gasteiger partial charge on any atom is -0.450 e. The number of piperidine rings is 6. The van der Waals surface area contributed by atoms with Crippen LogP contribution in [0.5, 0.6) is 0 Å². The first-order valence-electron chi connectivity index (χ1n) is 56.4. The van der Waals surface area contributed by atoms with Gasteiger partial charge in [-0.2, -0.15) is 0 Å². The van der Waals surface area contributed by atoms with E-state index < -0.39 is 0 Å². The molecule has 0 aromatic carbocycles. The molecule has 24 aliphatic rings. The second-order valence-corrected chi connectivity index (χ2v) is 52.8. The van der Waals surface area contributed by atoms with Crippen LogP contribution >= 0.6 is 0 Å². The van der Waals surface area contributed by atoms with Gasteiger partial charge >= 0.3 is 12.2 Å². The lowest BCUT2D eigenvalue weighted by Gasteiger charge is -2.52. The van der Waals surface area contributed by atoms with Crippen molar-refractivity contribution in [3.05, 3.63) is 44.6 Å². The minimum absolute atomic E-state index is 0.107. The van der Waals surface area contributed by atoms with E-state index in [2.05, 4.69) is 132 Å². The Hall–Kier alpha value is -4.78. The van der Waals surface area contributed by atoms with Crippen LogP contribution in [-0.4, -0.2) is 155 Å². The number of carbonyl (C=O) groups is 6. The van der Waals surface area contributed by atoms with Crippen LogP contribution in [0.2, 0.25) is 0 Å². The van der Waals surface area contributed by atoms with E-state index in [1.165, 1.54) is 154 Å². The van der Waals surface area contributed by atoms with E-state index >= 15 is 0 Å². The number of ether oxygens (including phenoxy) is 6. The van der Waals surface area contributed by atoms with Gasteiger partial charge in [0.2, 0.25) is 23.6 Å². The number of fused-ring (bicyclic) bond motifs is 24. The molecule has 24 rings (SSSR count). The molecule has 40 atom stereocenters. The van der Waals surface area contributed by atoms with Crippen molar-refractivity contribution in [1.82, 2.24) is 31.1 Å². The summed E-state index contributed by atoms with van der Waals surface area (Å²) in [5, 5.41) is 13.5. The molecule has 134 heavy (non-hydrogen) atoms. The molecule has 0 aromatic heterocycles. The van der Waals surface area contributed by atoms with Gasteiger partial charge in [0.25, 0.3) is 0 Å². The average Bonchev–Trinajstić information content (AvgIpc) is 1.56. The number of nitrogens with zero attached hydrogens (tertiary/aromatic N) is 2. The predicted octanol–water partition coefficient (Wildman–Crippen LogP) is 23.0. The van der Waals surface area contributed by atoms with Crippen molar-refractivity contribution in [2.45, 2.75) is 465 Å². The summed E-state index contributed by atoms with van der Waals surface area (Å²) in [6.45, 7) is 44.8. The molecule has 0 unspecified atom stereocenters. The van der Waals surface area contributed by atoms with Crippen molar-refractivity contribution in [2.24, 2.45) is 152 Å². The number of likely N-dealkylation sites (tertiary alicyclic amines) is 2. The Morgan fingerprint density at radius 3 is 0.858 bits per heavy atom. The third kappa shape index (κ3) is 15.7. The molecular formula is C116H178N6O12. The third-order valence-corrected chi connectivity index (χ3v) is 46.4. The molecule has 744 valence electrons. The van der Waals surface area contributed by atoms with Gasteiger partial charge in [-0.05, 0) is 400 Å². The van der Waals surface area contributed by atoms with E-state index in [0.717, 1.165) is 174 Å². The number of hydrogen-bond acceptors (Lipinski definition) is 12. The number of amides is 6. The molecule has 4 spiro atoms. The Balaban J connectivity index is 0.000000108. The maximum atomic E-state index is 12.9. The van der Waals surface area contributed by atoms with Crippen LogP contribution in [0.15, 0.2) is 44.6 Å². The zero-order chi connectivity index (χ0) is 93.9. The standard InChI is InChI=1S/2C30H46N2O4.2C28H43NO2/c2*1-6-35-28(34)32-16-17(2)13-24-27(32)19(4)30(36-24)12-9-20-21-7-8-25-29(5,11-10-26(33)31-25)23(21)14-22(20)18(3)15-30;2*1-16-5-6-19-18(3)28(31-24(19)13-16)12-9-20-21-7-8-25-27(4,11-10-26(30)29-25)23(21)14-22(20)17(2)15-28/h2*17,19-21,23-25,27H,6-16H2,1-5H3,(H,31,33);2*16,18-21,23-25H,5-15H2,1-4H3,(H,29,30)/t17-,19+,20-,21-,23-,24+,25+,27-,29+,30-;17-,19+,20-,21-,23-,24+,25-,27-,29+,30-;16-,18-,19+,20+,21+,23+,24-,25+,27-,28+;16-,18-,19+,20+,21+,23+,24-,25-,27-,28+/m0011/s1. The van der Waals surface area contributed by atoms with E-state index in [9.17, 15) is 28.8 Å². The Labute approximate surface area is 806 Å². The molecule has 20 fully saturated rings. The zero-order valence-corrected chi connectivity index (χ0v) is 86.4. The van der Waals surface area contributed by atoms with Crippen molar-refractivity contribution in [2.75, 3.05) is 26.3 Å². The Kier molecular flexibility index (Phi) is 25.4. The fraction of sp³-hybridized carbons (Fsp3) is 0.879. The molecule has 18 nitrogen and oxygen atoms in total. The highest BCUT2D eigenvalue weighted by atomic mass is 16.6. The van der Waals surface area contributed by atoms with E-state index in [-0.39, 0.29) is 93.3 Å². The lowest BCUT2D eigenvalue weighted by molar-refractivity contribution is -0.130. The summed E-state index contributed by atoms with van der Waals surface area (Å²) in [4.78, 5) is 78.3. The van der Waals surface area contributed by atoms with Crippen LogP contribution < -0.4 is 21.3 Å². The first-order valence-corrected chi connectivity index (χ1v) is 56.4. The molecule has 14 aliphatic carbocycles. The molecule has 6 amide bonds. The monoisotopic (exact) mass is 1850 g/mol. The van der Waals surface area contributed by atoms with Crippen LogP contribution in [-0.2, 0) is 47.6 Å². The van der Waals surface area contributed by atoms with Gasteiger partial charge in [0.05, 0.1) is 72.1 Å². The topological polar surface area (TPSA) is 212 Å². The van der Waals surface area contributed by atoms with Gasteiger partial charge in [-0.1, -0.05) is 141 Å². The highest BCUT2D eigenvalue weighted by Gasteiger charge is 2.68. The predicted molar refractivity (Wildman–Crippen MR) is 523 cm³/mol. The first kappa shape index (κ1) is 95.4. The number of hydrogen-bond donors (Lipinski definition) is 4. The summed E-state index contributed by atoms with van der Waals surface area (Å²) in [7, 11) is 0. The first-order chi connectivity index (χ1) is 63.9. The lowest BCUT2D eigenvalue weighted by atomic mass is 9.57. The summed E-state index contributed by atoms with van der Waals surface area (Å²) in [6, 6.07) is 1.76. The highest BCUT2D eigenvalue weighted by molar-refractivity contribution is 5.79. The third-order valence-electron chi connectivity index (χ3n) is 46.4. The van der Waals surface area contributed by atoms with Gasteiger partial charge in [-0.3, -0.25) is 19.2 Å². The van der Waals surface area contributed by atoms with Crippen LogP contribution in [0, 0.1) is 152 Å². The highest BCUT2D eigenvalue weighted by Crippen LogP contribution is 2.70. The van der Waals surface area contributed by atoms with Crippen molar-refractivity contribution in [3.63, 3.8) is 0 Å². The molecular weight excluding hydrogens is 1670 g/mol. The van der Waals surface area contributed by atoms with Gasteiger partial charge in [0.15, 0.2) is 0 Å². The van der Waals surface area contributed by atoms with Crippen molar-refractivity contribution < 1.29 is 57.2 Å². The number of carbonyl (C=O) groups excluding carboxylic acids is 6. The molecule has 10 heterocycles. The van der Waals surface area contributed by atoms with Crippen LogP contribution in [0.4, 0.5) is 9.59 Å². The number of allylic oxidation sites excluding steroid dienone is 4. The summed E-state index contributed by atoms with van der Waals surface area (Å²) in [6.07, 6.45) is 47.0. The lowest BCUT2D eigenvalue weighted by Crippen LogP contribution is -2.57. The Morgan fingerprint density at radius 1 is 0.328 bits per heavy atom. The number of nitrogens with one attached hydrogen (secondary N) is 4. The van der Waals surface area contributed by atoms with Gasteiger partial charge < -0.3 is 59.5 Å². The van der Waals surface area contributed by atoms with Gasteiger partial charge in [0, 0.05) is 74.8 Å². The van der Waals surface area contributed by atoms with Crippen molar-refractivity contribution in [1.29, 1.82) is 0 Å². The summed E-state index contributed by atoms with van der Waals surface area (Å²) < 4.78 is 39.2. The smallest absolute Gasteiger partial charge is 0.410 e. The maximum absolute atomic E-state index is 12.9. The Bertz CT molecular complexity index is 4380. The summed E-state index contributed by atoms with van der Waals surface area (Å²) >= 11 is 0. The maximum Gasteiger partial charge on any atom is 0.410 e. The summed E-state index contributed by atoms with van der Waals surface area (Å²) in [5.41, 5.74) is 14.4. The molecule has 0 radical (unpaired) electrons. The minimum atomic E-state index is -0.180. The van der Waals surface area contributed by atoms with Crippen molar-refractivity contribution >= 4 is 35.8 Å². The van der Waals surface area contributed by atoms with Crippen LogP contribution in [0.1, 0.15) is 381 Å². The van der Waals surface area contributed by atoms with Gasteiger partial charge in [-0.25, -0.2) is 9.59 Å². The molecule has 0 bridgehead atoms. The molecule has 10 saturated heterocycles. The van der Waals surface area contributed by atoms with E-state index in [1.807, 2.05) is 34.8 Å².